The van der Waals surface area contributed by atoms with Crippen LogP contribution in [0, 0.1) is 0 Å². The number of fused-ring (bicyclic) bond motifs is 1. The van der Waals surface area contributed by atoms with E-state index >= 15 is 0 Å². The number of anilines is 1. The average Bonchev–Trinajstić information content (AvgIpc) is 3.08. The molecule has 2 radical (unpaired) electrons. The van der Waals surface area contributed by atoms with E-state index in [1.54, 1.807) is 4.90 Å². The van der Waals surface area contributed by atoms with E-state index in [4.69, 9.17) is 18.3 Å². The number of hydrogen-bond donors (Lipinski definition) is 1. The van der Waals surface area contributed by atoms with E-state index in [0.29, 0.717) is 30.0 Å². The molecule has 0 saturated carbocycles. The average molecular weight is 361 g/mol. The topological polar surface area (TPSA) is 85.8 Å². The second kappa shape index (κ2) is 7.30. The molecule has 1 atom stereocenters. The first-order valence-electron chi connectivity index (χ1n) is 8.97. The van der Waals surface area contributed by atoms with Crippen molar-refractivity contribution in [2.45, 2.75) is 25.4 Å². The zero-order valence-electron chi connectivity index (χ0n) is 14.9. The van der Waals surface area contributed by atoms with E-state index < -0.39 is 0 Å². The van der Waals surface area contributed by atoms with Gasteiger partial charge in [-0.05, 0) is 23.9 Å². The summed E-state index contributed by atoms with van der Waals surface area (Å²) in [6.45, 7) is 1.49. The predicted molar refractivity (Wildman–Crippen MR) is 103 cm³/mol. The Balaban J connectivity index is 1.46. The van der Waals surface area contributed by atoms with Crippen LogP contribution in [0.1, 0.15) is 30.0 Å². The molecular formula is C19H20BN5O2. The number of hydrogen-bond acceptors (Lipinski definition) is 5. The predicted octanol–water partition coefficient (Wildman–Crippen LogP) is 1.62. The van der Waals surface area contributed by atoms with Crippen LogP contribution in [-0.2, 0) is 11.3 Å². The highest BCUT2D eigenvalue weighted by atomic mass is 16.6. The lowest BCUT2D eigenvalue weighted by Crippen LogP contribution is -2.39. The molecular weight excluding hydrogens is 341 g/mol. The fraction of sp³-hybridized carbons (Fsp3) is 0.316. The molecule has 2 N–H and O–H groups in total. The summed E-state index contributed by atoms with van der Waals surface area (Å²) >= 11 is 0. The third kappa shape index (κ3) is 3.60. The fourth-order valence-corrected chi connectivity index (χ4v) is 3.43. The van der Waals surface area contributed by atoms with Crippen LogP contribution in [0.2, 0.25) is 0 Å². The van der Waals surface area contributed by atoms with Crippen LogP contribution in [0.25, 0.3) is 5.65 Å². The molecule has 1 aliphatic rings. The van der Waals surface area contributed by atoms with Gasteiger partial charge in [0.25, 0.3) is 0 Å². The van der Waals surface area contributed by atoms with Gasteiger partial charge in [-0.3, -0.25) is 0 Å². The lowest BCUT2D eigenvalue weighted by atomic mass is 9.94. The molecule has 8 heteroatoms. The highest BCUT2D eigenvalue weighted by molar-refractivity contribution is 6.36. The summed E-state index contributed by atoms with van der Waals surface area (Å²) in [6, 6.07) is 11.5. The molecule has 27 heavy (non-hydrogen) atoms. The first-order valence-corrected chi connectivity index (χ1v) is 8.97. The molecule has 136 valence electrons. The van der Waals surface area contributed by atoms with Gasteiger partial charge in [0, 0.05) is 31.3 Å². The van der Waals surface area contributed by atoms with Gasteiger partial charge in [-0.15, -0.1) is 0 Å². The normalized spacial score (nSPS) is 17.2. The molecule has 0 spiro atoms. The maximum Gasteiger partial charge on any atom is 0.410 e. The number of rotatable bonds is 3. The molecule has 2 aromatic heterocycles. The molecule has 7 nitrogen and oxygen atoms in total. The standard InChI is InChI=1S/C19H20BN5O2/c20-15-10-22-25-17(21)9-16(23-18(15)25)14-7-4-8-24(11-14)19(26)27-12-13-5-2-1-3-6-13/h1-3,5-6,9-10,14H,4,7-8,11-12,21H2. The van der Waals surface area contributed by atoms with Gasteiger partial charge in [-0.25, -0.2) is 14.3 Å². The molecule has 0 bridgehead atoms. The largest absolute Gasteiger partial charge is 0.445 e. The van der Waals surface area contributed by atoms with Gasteiger partial charge >= 0.3 is 6.09 Å². The minimum absolute atomic E-state index is 0.0876. The van der Waals surface area contributed by atoms with E-state index in [0.717, 1.165) is 24.1 Å². The molecule has 1 fully saturated rings. The molecule has 3 aromatic rings. The SMILES string of the molecule is [B]c1cnn2c(N)cc(C3CCCN(C(=O)OCc4ccccc4)C3)nc12. The van der Waals surface area contributed by atoms with E-state index in [1.165, 1.54) is 10.7 Å². The summed E-state index contributed by atoms with van der Waals surface area (Å²) in [6.07, 6.45) is 3.05. The second-order valence-electron chi connectivity index (χ2n) is 6.77. The van der Waals surface area contributed by atoms with Crippen LogP contribution < -0.4 is 11.2 Å². The van der Waals surface area contributed by atoms with E-state index in [2.05, 4.69) is 10.1 Å². The van der Waals surface area contributed by atoms with Crippen molar-refractivity contribution in [2.75, 3.05) is 18.8 Å². The number of ether oxygens (including phenoxy) is 1. The molecule has 1 unspecified atom stereocenters. The first-order chi connectivity index (χ1) is 13.1. The third-order valence-corrected chi connectivity index (χ3v) is 4.85. The molecule has 1 amide bonds. The molecule has 1 aromatic carbocycles. The lowest BCUT2D eigenvalue weighted by Gasteiger charge is -2.31. The highest BCUT2D eigenvalue weighted by Crippen LogP contribution is 2.27. The van der Waals surface area contributed by atoms with E-state index in [1.807, 2.05) is 36.4 Å². The van der Waals surface area contributed by atoms with Crippen molar-refractivity contribution >= 4 is 30.9 Å². The second-order valence-corrected chi connectivity index (χ2v) is 6.77. The van der Waals surface area contributed by atoms with Crippen molar-refractivity contribution in [1.29, 1.82) is 0 Å². The van der Waals surface area contributed by atoms with Crippen molar-refractivity contribution < 1.29 is 9.53 Å². The zero-order valence-corrected chi connectivity index (χ0v) is 14.9. The number of nitrogen functional groups attached to an aromatic ring is 1. The highest BCUT2D eigenvalue weighted by Gasteiger charge is 2.27. The Bertz CT molecular complexity index is 959. The van der Waals surface area contributed by atoms with Gasteiger partial charge < -0.3 is 15.4 Å². The minimum atomic E-state index is -0.304. The summed E-state index contributed by atoms with van der Waals surface area (Å²) in [5, 5.41) is 4.12. The van der Waals surface area contributed by atoms with Gasteiger partial charge in [-0.2, -0.15) is 5.10 Å². The molecule has 1 aliphatic heterocycles. The maximum absolute atomic E-state index is 12.5. The number of carbonyl (C=O) groups is 1. The summed E-state index contributed by atoms with van der Waals surface area (Å²) in [5.74, 6) is 0.570. The Hall–Kier alpha value is -3.03. The van der Waals surface area contributed by atoms with Gasteiger partial charge in [-0.1, -0.05) is 30.3 Å². The quantitative estimate of drug-likeness (QED) is 0.717. The first kappa shape index (κ1) is 17.4. The number of likely N-dealkylation sites (tertiary alicyclic amines) is 1. The van der Waals surface area contributed by atoms with Crippen LogP contribution >= 0.6 is 0 Å². The molecule has 0 aliphatic carbocycles. The third-order valence-electron chi connectivity index (χ3n) is 4.85. The monoisotopic (exact) mass is 361 g/mol. The van der Waals surface area contributed by atoms with E-state index in [-0.39, 0.29) is 18.6 Å². The van der Waals surface area contributed by atoms with Crippen molar-refractivity contribution in [3.05, 3.63) is 53.9 Å². The Morgan fingerprint density at radius 1 is 1.33 bits per heavy atom. The number of piperidine rings is 1. The van der Waals surface area contributed by atoms with Gasteiger partial charge in [0.15, 0.2) is 0 Å². The van der Waals surface area contributed by atoms with Crippen molar-refractivity contribution in [2.24, 2.45) is 0 Å². The molecule has 1 saturated heterocycles. The number of nitrogens with two attached hydrogens (primary N) is 1. The lowest BCUT2D eigenvalue weighted by molar-refractivity contribution is 0.0856. The summed E-state index contributed by atoms with van der Waals surface area (Å²) < 4.78 is 6.98. The van der Waals surface area contributed by atoms with Gasteiger partial charge in [0.2, 0.25) is 0 Å². The van der Waals surface area contributed by atoms with Crippen LogP contribution in [0.15, 0.2) is 42.6 Å². The number of benzene rings is 1. The van der Waals surface area contributed by atoms with Crippen LogP contribution in [0.3, 0.4) is 0 Å². The molecule has 4 rings (SSSR count). The van der Waals surface area contributed by atoms with Gasteiger partial charge in [0.1, 0.15) is 25.9 Å². The number of aromatic nitrogens is 3. The van der Waals surface area contributed by atoms with Crippen LogP contribution in [-0.4, -0.2) is 46.5 Å². The van der Waals surface area contributed by atoms with Crippen molar-refractivity contribution in [3.63, 3.8) is 0 Å². The summed E-state index contributed by atoms with van der Waals surface area (Å²) in [4.78, 5) is 18.8. The number of nitrogens with zero attached hydrogens (tertiary/aromatic N) is 4. The smallest absolute Gasteiger partial charge is 0.410 e. The summed E-state index contributed by atoms with van der Waals surface area (Å²) in [5.41, 5.74) is 8.91. The van der Waals surface area contributed by atoms with Crippen molar-refractivity contribution in [3.8, 4) is 0 Å². The van der Waals surface area contributed by atoms with E-state index in [9.17, 15) is 4.79 Å². The fourth-order valence-electron chi connectivity index (χ4n) is 3.43. The zero-order chi connectivity index (χ0) is 18.8. The van der Waals surface area contributed by atoms with Crippen LogP contribution in [0.4, 0.5) is 10.6 Å². The summed E-state index contributed by atoms with van der Waals surface area (Å²) in [7, 11) is 5.93. The maximum atomic E-state index is 12.5. The molecule has 3 heterocycles. The Morgan fingerprint density at radius 3 is 2.96 bits per heavy atom. The van der Waals surface area contributed by atoms with Crippen molar-refractivity contribution in [1.82, 2.24) is 19.5 Å². The minimum Gasteiger partial charge on any atom is -0.445 e. The Morgan fingerprint density at radius 2 is 2.15 bits per heavy atom. The Labute approximate surface area is 158 Å². The van der Waals surface area contributed by atoms with Crippen LogP contribution in [0.5, 0.6) is 0 Å². The Kier molecular flexibility index (Phi) is 4.70. The van der Waals surface area contributed by atoms with Gasteiger partial charge in [0.05, 0.1) is 5.69 Å². The number of amides is 1. The number of carbonyl (C=O) groups excluding carboxylic acids is 1.